The molecule has 0 saturated carbocycles. The Bertz CT molecular complexity index is 1050. The number of aromatic nitrogens is 2. The molecule has 1 amide bonds. The lowest BCUT2D eigenvalue weighted by molar-refractivity contribution is -0.131. The van der Waals surface area contributed by atoms with E-state index in [1.54, 1.807) is 7.05 Å². The van der Waals surface area contributed by atoms with Gasteiger partial charge in [0.1, 0.15) is 5.82 Å². The van der Waals surface area contributed by atoms with Crippen molar-refractivity contribution in [1.29, 1.82) is 0 Å². The van der Waals surface area contributed by atoms with Crippen LogP contribution in [0.5, 0.6) is 0 Å². The maximum Gasteiger partial charge on any atom is 0.224 e. The van der Waals surface area contributed by atoms with Crippen molar-refractivity contribution < 1.29 is 4.79 Å². The molecule has 0 aliphatic carbocycles. The molecule has 4 rings (SSSR count). The first-order valence-electron chi connectivity index (χ1n) is 11.7. The molecule has 1 aliphatic rings. The van der Waals surface area contributed by atoms with Crippen LogP contribution in [0.2, 0.25) is 0 Å². The van der Waals surface area contributed by atoms with Gasteiger partial charge in [0, 0.05) is 77.2 Å². The SMILES string of the molecule is CN=C(NCCCn1ccc2ccccc21)NCCC(=O)N1CCN(c2ccccn2)CC1. The van der Waals surface area contributed by atoms with E-state index in [2.05, 4.69) is 66.6 Å². The van der Waals surface area contributed by atoms with Gasteiger partial charge >= 0.3 is 0 Å². The quantitative estimate of drug-likeness (QED) is 0.315. The monoisotopic (exact) mass is 447 g/mol. The number of guanidine groups is 1. The minimum Gasteiger partial charge on any atom is -0.356 e. The zero-order valence-electron chi connectivity index (χ0n) is 19.3. The molecule has 1 aromatic carbocycles. The second-order valence-corrected chi connectivity index (χ2v) is 8.15. The van der Waals surface area contributed by atoms with Gasteiger partial charge in [-0.25, -0.2) is 4.98 Å². The highest BCUT2D eigenvalue weighted by atomic mass is 16.2. The topological polar surface area (TPSA) is 77.8 Å². The number of piperazine rings is 1. The number of anilines is 1. The van der Waals surface area contributed by atoms with Gasteiger partial charge < -0.3 is 25.0 Å². The molecule has 2 N–H and O–H groups in total. The van der Waals surface area contributed by atoms with Crippen molar-refractivity contribution in [1.82, 2.24) is 25.1 Å². The predicted molar refractivity (Wildman–Crippen MR) is 134 cm³/mol. The van der Waals surface area contributed by atoms with Crippen LogP contribution in [0.3, 0.4) is 0 Å². The summed E-state index contributed by atoms with van der Waals surface area (Å²) in [5.74, 6) is 1.89. The number of fused-ring (bicyclic) bond motifs is 1. The summed E-state index contributed by atoms with van der Waals surface area (Å²) in [6.07, 6.45) is 5.39. The minimum atomic E-state index is 0.179. The Balaban J connectivity index is 1.12. The van der Waals surface area contributed by atoms with Crippen molar-refractivity contribution in [3.63, 3.8) is 0 Å². The van der Waals surface area contributed by atoms with Crippen molar-refractivity contribution in [2.45, 2.75) is 19.4 Å². The van der Waals surface area contributed by atoms with Gasteiger partial charge in [-0.15, -0.1) is 0 Å². The first-order chi connectivity index (χ1) is 16.2. The smallest absolute Gasteiger partial charge is 0.224 e. The third kappa shape index (κ3) is 6.03. The molecular formula is C25H33N7O. The van der Waals surface area contributed by atoms with Gasteiger partial charge in [0.25, 0.3) is 0 Å². The summed E-state index contributed by atoms with van der Waals surface area (Å²) in [6, 6.07) is 16.5. The Hall–Kier alpha value is -3.55. The highest BCUT2D eigenvalue weighted by molar-refractivity contribution is 5.81. The Morgan fingerprint density at radius 2 is 1.79 bits per heavy atom. The number of aryl methyl sites for hydroxylation is 1. The van der Waals surface area contributed by atoms with Crippen LogP contribution in [0.15, 0.2) is 65.9 Å². The van der Waals surface area contributed by atoms with Crippen LogP contribution in [0, 0.1) is 0 Å². The summed E-state index contributed by atoms with van der Waals surface area (Å²) >= 11 is 0. The molecule has 3 aromatic rings. The molecule has 0 atom stereocenters. The van der Waals surface area contributed by atoms with Crippen molar-refractivity contribution in [2.24, 2.45) is 4.99 Å². The van der Waals surface area contributed by atoms with Crippen LogP contribution in [0.25, 0.3) is 10.9 Å². The number of nitrogens with one attached hydrogen (secondary N) is 2. The number of amides is 1. The highest BCUT2D eigenvalue weighted by Gasteiger charge is 2.21. The molecule has 1 aliphatic heterocycles. The standard InChI is InChI=1S/C25H33N7O/c1-26-25(28-13-6-15-30-16-11-21-7-2-3-8-22(21)30)29-14-10-24(33)32-19-17-31(18-20-32)23-9-4-5-12-27-23/h2-5,7-9,11-12,16H,6,10,13-15,17-20H2,1H3,(H2,26,28,29). The average molecular weight is 448 g/mol. The number of aliphatic imine (C=N–C) groups is 1. The van der Waals surface area contributed by atoms with Gasteiger partial charge in [-0.2, -0.15) is 0 Å². The number of benzene rings is 1. The molecule has 1 fully saturated rings. The van der Waals surface area contributed by atoms with Crippen LogP contribution in [-0.2, 0) is 11.3 Å². The van der Waals surface area contributed by atoms with E-state index >= 15 is 0 Å². The zero-order valence-corrected chi connectivity index (χ0v) is 19.3. The first-order valence-corrected chi connectivity index (χ1v) is 11.7. The second-order valence-electron chi connectivity index (χ2n) is 8.15. The van der Waals surface area contributed by atoms with Gasteiger partial charge in [-0.1, -0.05) is 24.3 Å². The largest absolute Gasteiger partial charge is 0.356 e. The van der Waals surface area contributed by atoms with Crippen LogP contribution in [-0.4, -0.2) is 72.6 Å². The Morgan fingerprint density at radius 1 is 1.00 bits per heavy atom. The molecule has 174 valence electrons. The molecular weight excluding hydrogens is 414 g/mol. The van der Waals surface area contributed by atoms with Crippen molar-refractivity contribution in [3.8, 4) is 0 Å². The lowest BCUT2D eigenvalue weighted by atomic mass is 10.2. The van der Waals surface area contributed by atoms with E-state index in [0.717, 1.165) is 57.5 Å². The van der Waals surface area contributed by atoms with Gasteiger partial charge in [0.15, 0.2) is 5.96 Å². The molecule has 8 heteroatoms. The molecule has 0 bridgehead atoms. The second kappa shape index (κ2) is 11.4. The predicted octanol–water partition coefficient (Wildman–Crippen LogP) is 2.33. The lowest BCUT2D eigenvalue weighted by Crippen LogP contribution is -2.49. The van der Waals surface area contributed by atoms with Crippen molar-refractivity contribution in [3.05, 3.63) is 60.9 Å². The van der Waals surface area contributed by atoms with Gasteiger partial charge in [-0.05, 0) is 36.1 Å². The Labute approximate surface area is 195 Å². The number of carbonyl (C=O) groups excluding carboxylic acids is 1. The fraction of sp³-hybridized carbons (Fsp3) is 0.400. The third-order valence-corrected chi connectivity index (χ3v) is 6.01. The lowest BCUT2D eigenvalue weighted by Gasteiger charge is -2.35. The summed E-state index contributed by atoms with van der Waals surface area (Å²) in [6.45, 7) is 5.43. The summed E-state index contributed by atoms with van der Waals surface area (Å²) in [5, 5.41) is 7.87. The number of nitrogens with zero attached hydrogens (tertiary/aromatic N) is 5. The molecule has 0 unspecified atom stereocenters. The molecule has 33 heavy (non-hydrogen) atoms. The Kier molecular flexibility index (Phi) is 7.79. The molecule has 0 radical (unpaired) electrons. The summed E-state index contributed by atoms with van der Waals surface area (Å²) in [5.41, 5.74) is 1.26. The maximum absolute atomic E-state index is 12.6. The minimum absolute atomic E-state index is 0.179. The van der Waals surface area contributed by atoms with Gasteiger partial charge in [0.2, 0.25) is 5.91 Å². The zero-order chi connectivity index (χ0) is 22.9. The van der Waals surface area contributed by atoms with Crippen LogP contribution in [0.4, 0.5) is 5.82 Å². The van der Waals surface area contributed by atoms with E-state index in [9.17, 15) is 4.79 Å². The number of hydrogen-bond acceptors (Lipinski definition) is 4. The van der Waals surface area contributed by atoms with Crippen molar-refractivity contribution >= 4 is 28.6 Å². The third-order valence-electron chi connectivity index (χ3n) is 6.01. The highest BCUT2D eigenvalue weighted by Crippen LogP contribution is 2.15. The number of rotatable bonds is 8. The summed E-state index contributed by atoms with van der Waals surface area (Å²) in [4.78, 5) is 25.4. The average Bonchev–Trinajstić information content (AvgIpc) is 3.29. The van der Waals surface area contributed by atoms with E-state index in [1.165, 1.54) is 10.9 Å². The van der Waals surface area contributed by atoms with E-state index in [-0.39, 0.29) is 5.91 Å². The van der Waals surface area contributed by atoms with Crippen molar-refractivity contribution in [2.75, 3.05) is 51.2 Å². The fourth-order valence-corrected chi connectivity index (χ4v) is 4.18. The molecule has 3 heterocycles. The first kappa shape index (κ1) is 22.6. The molecule has 2 aromatic heterocycles. The number of carbonyl (C=O) groups is 1. The normalized spacial score (nSPS) is 14.5. The van der Waals surface area contributed by atoms with E-state index in [1.807, 2.05) is 29.3 Å². The van der Waals surface area contributed by atoms with E-state index < -0.39 is 0 Å². The summed E-state index contributed by atoms with van der Waals surface area (Å²) < 4.78 is 2.28. The molecule has 8 nitrogen and oxygen atoms in total. The molecule has 1 saturated heterocycles. The van der Waals surface area contributed by atoms with Gasteiger partial charge in [-0.3, -0.25) is 9.79 Å². The van der Waals surface area contributed by atoms with Crippen LogP contribution >= 0.6 is 0 Å². The van der Waals surface area contributed by atoms with Crippen LogP contribution in [0.1, 0.15) is 12.8 Å². The molecule has 0 spiro atoms. The Morgan fingerprint density at radius 3 is 2.58 bits per heavy atom. The number of hydrogen-bond donors (Lipinski definition) is 2. The van der Waals surface area contributed by atoms with Gasteiger partial charge in [0.05, 0.1) is 0 Å². The summed E-state index contributed by atoms with van der Waals surface area (Å²) in [7, 11) is 1.76. The number of pyridine rings is 1. The maximum atomic E-state index is 12.6. The van der Waals surface area contributed by atoms with E-state index in [0.29, 0.717) is 13.0 Å². The van der Waals surface area contributed by atoms with E-state index in [4.69, 9.17) is 0 Å². The van der Waals surface area contributed by atoms with Crippen LogP contribution < -0.4 is 15.5 Å². The fourth-order valence-electron chi connectivity index (χ4n) is 4.18. The number of para-hydroxylation sites is 1.